The van der Waals surface area contributed by atoms with E-state index in [9.17, 15) is 4.79 Å². The monoisotopic (exact) mass is 238 g/mol. The molecule has 0 aliphatic rings. The molecule has 1 heterocycles. The highest BCUT2D eigenvalue weighted by Gasteiger charge is 2.08. The molecule has 2 N–H and O–H groups in total. The Bertz CT molecular complexity index is 232. The van der Waals surface area contributed by atoms with Crippen LogP contribution in [0.5, 0.6) is 0 Å². The van der Waals surface area contributed by atoms with Crippen molar-refractivity contribution < 1.29 is 9.32 Å². The van der Waals surface area contributed by atoms with Gasteiger partial charge in [0.2, 0.25) is 0 Å². The van der Waals surface area contributed by atoms with Gasteiger partial charge in [-0.05, 0) is 22.6 Å². The first-order chi connectivity index (χ1) is 4.22. The molecule has 1 rings (SSSR count). The van der Waals surface area contributed by atoms with Crippen molar-refractivity contribution in [1.29, 1.82) is 0 Å². The number of nitrogens with two attached hydrogens (primary N) is 1. The first-order valence-electron chi connectivity index (χ1n) is 2.11. The summed E-state index contributed by atoms with van der Waals surface area (Å²) in [4.78, 5) is 10.4. The molecular weight excluding hydrogens is 235 g/mol. The molecule has 4 nitrogen and oxygen atoms in total. The standard InChI is InChI=1S/C4H3IN2O2/c5-2-1-9-7-3(2)4(6)8/h1H,(H2,6,8). The van der Waals surface area contributed by atoms with Gasteiger partial charge in [0.25, 0.3) is 5.91 Å². The predicted octanol–water partition coefficient (Wildman–Crippen LogP) is 0.378. The number of hydrogen-bond acceptors (Lipinski definition) is 3. The van der Waals surface area contributed by atoms with E-state index in [0.29, 0.717) is 3.57 Å². The maximum Gasteiger partial charge on any atom is 0.272 e. The Kier molecular flexibility index (Phi) is 1.70. The Morgan fingerprint density at radius 3 is 2.78 bits per heavy atom. The van der Waals surface area contributed by atoms with Crippen molar-refractivity contribution in [3.8, 4) is 0 Å². The van der Waals surface area contributed by atoms with Gasteiger partial charge in [-0.25, -0.2) is 0 Å². The number of carbonyl (C=O) groups excluding carboxylic acids is 1. The van der Waals surface area contributed by atoms with Gasteiger partial charge in [0.1, 0.15) is 6.26 Å². The first-order valence-corrected chi connectivity index (χ1v) is 3.19. The van der Waals surface area contributed by atoms with E-state index >= 15 is 0 Å². The number of carbonyl (C=O) groups is 1. The molecule has 0 aliphatic heterocycles. The molecule has 0 aromatic carbocycles. The maximum absolute atomic E-state index is 10.4. The van der Waals surface area contributed by atoms with Crippen LogP contribution in [0.15, 0.2) is 10.8 Å². The summed E-state index contributed by atoms with van der Waals surface area (Å²) >= 11 is 1.91. The van der Waals surface area contributed by atoms with Crippen LogP contribution in [0, 0.1) is 3.57 Å². The molecule has 0 saturated carbocycles. The third-order valence-corrected chi connectivity index (χ3v) is 1.52. The lowest BCUT2D eigenvalue weighted by atomic mass is 10.4. The zero-order chi connectivity index (χ0) is 6.85. The summed E-state index contributed by atoms with van der Waals surface area (Å²) in [5.41, 5.74) is 5.08. The minimum atomic E-state index is -0.562. The van der Waals surface area contributed by atoms with Crippen molar-refractivity contribution in [2.24, 2.45) is 5.73 Å². The van der Waals surface area contributed by atoms with E-state index in [1.165, 1.54) is 6.26 Å². The van der Waals surface area contributed by atoms with Gasteiger partial charge in [0, 0.05) is 0 Å². The largest absolute Gasteiger partial charge is 0.364 e. The number of primary amides is 1. The highest BCUT2D eigenvalue weighted by Crippen LogP contribution is 2.07. The summed E-state index contributed by atoms with van der Waals surface area (Å²) in [6.07, 6.45) is 1.36. The molecule has 1 aromatic rings. The van der Waals surface area contributed by atoms with Crippen LogP contribution in [0.1, 0.15) is 10.5 Å². The summed E-state index contributed by atoms with van der Waals surface area (Å²) < 4.78 is 5.09. The predicted molar refractivity (Wildman–Crippen MR) is 37.7 cm³/mol. The Labute approximate surface area is 64.5 Å². The fourth-order valence-corrected chi connectivity index (χ4v) is 0.865. The van der Waals surface area contributed by atoms with Crippen LogP contribution in [0.25, 0.3) is 0 Å². The second kappa shape index (κ2) is 2.34. The lowest BCUT2D eigenvalue weighted by Gasteiger charge is -1.81. The van der Waals surface area contributed by atoms with Crippen LogP contribution in [-0.2, 0) is 0 Å². The summed E-state index contributed by atoms with van der Waals surface area (Å²) in [5, 5.41) is 3.36. The molecule has 48 valence electrons. The van der Waals surface area contributed by atoms with Crippen molar-refractivity contribution in [3.05, 3.63) is 15.5 Å². The second-order valence-electron chi connectivity index (χ2n) is 1.38. The molecule has 0 spiro atoms. The van der Waals surface area contributed by atoms with E-state index in [-0.39, 0.29) is 5.69 Å². The quantitative estimate of drug-likeness (QED) is 0.719. The SMILES string of the molecule is NC(=O)c1nocc1I. The normalized spacial score (nSPS) is 9.44. The Balaban J connectivity index is 3.08. The number of rotatable bonds is 1. The van der Waals surface area contributed by atoms with Gasteiger partial charge in [-0.3, -0.25) is 4.79 Å². The van der Waals surface area contributed by atoms with E-state index in [4.69, 9.17) is 5.73 Å². The third kappa shape index (κ3) is 1.21. The van der Waals surface area contributed by atoms with Crippen LogP contribution in [0.3, 0.4) is 0 Å². The third-order valence-electron chi connectivity index (χ3n) is 0.760. The van der Waals surface area contributed by atoms with Crippen molar-refractivity contribution in [2.75, 3.05) is 0 Å². The Morgan fingerprint density at radius 2 is 2.56 bits per heavy atom. The van der Waals surface area contributed by atoms with Gasteiger partial charge in [0.05, 0.1) is 3.57 Å². The molecule has 0 radical (unpaired) electrons. The molecule has 0 saturated heterocycles. The number of amides is 1. The van der Waals surface area contributed by atoms with Gasteiger partial charge in [-0.2, -0.15) is 0 Å². The second-order valence-corrected chi connectivity index (χ2v) is 2.54. The minimum Gasteiger partial charge on any atom is -0.364 e. The molecule has 1 amide bonds. The van der Waals surface area contributed by atoms with E-state index in [1.807, 2.05) is 22.6 Å². The molecule has 5 heteroatoms. The fourth-order valence-electron chi connectivity index (χ4n) is 0.387. The number of hydrogen-bond donors (Lipinski definition) is 1. The van der Waals surface area contributed by atoms with Gasteiger partial charge < -0.3 is 10.3 Å². The smallest absolute Gasteiger partial charge is 0.272 e. The van der Waals surface area contributed by atoms with E-state index < -0.39 is 5.91 Å². The summed E-state index contributed by atoms with van der Waals surface area (Å²) in [6.45, 7) is 0. The first kappa shape index (κ1) is 6.53. The van der Waals surface area contributed by atoms with Gasteiger partial charge in [0.15, 0.2) is 5.69 Å². The topological polar surface area (TPSA) is 69.1 Å². The van der Waals surface area contributed by atoms with Crippen LogP contribution in [0.4, 0.5) is 0 Å². The molecule has 0 fully saturated rings. The lowest BCUT2D eigenvalue weighted by molar-refractivity contribution is 0.0991. The average Bonchev–Trinajstić information content (AvgIpc) is 2.13. The van der Waals surface area contributed by atoms with Crippen LogP contribution in [-0.4, -0.2) is 11.1 Å². The Hall–Kier alpha value is -0.590. The molecule has 0 unspecified atom stereocenters. The van der Waals surface area contributed by atoms with Crippen LogP contribution < -0.4 is 5.73 Å². The lowest BCUT2D eigenvalue weighted by Crippen LogP contribution is -2.12. The Morgan fingerprint density at radius 1 is 1.89 bits per heavy atom. The van der Waals surface area contributed by atoms with Crippen molar-refractivity contribution in [2.45, 2.75) is 0 Å². The summed E-state index contributed by atoms with van der Waals surface area (Å²) in [7, 11) is 0. The number of aromatic nitrogens is 1. The molecule has 0 atom stereocenters. The minimum absolute atomic E-state index is 0.190. The molecule has 0 bridgehead atoms. The van der Waals surface area contributed by atoms with Gasteiger partial charge in [-0.15, -0.1) is 0 Å². The van der Waals surface area contributed by atoms with Crippen molar-refractivity contribution in [1.82, 2.24) is 5.16 Å². The van der Waals surface area contributed by atoms with Crippen molar-refractivity contribution in [3.63, 3.8) is 0 Å². The summed E-state index contributed by atoms with van der Waals surface area (Å²) in [6, 6.07) is 0. The molecule has 9 heavy (non-hydrogen) atoms. The maximum atomic E-state index is 10.4. The van der Waals surface area contributed by atoms with E-state index in [0.717, 1.165) is 0 Å². The highest BCUT2D eigenvalue weighted by molar-refractivity contribution is 14.1. The van der Waals surface area contributed by atoms with Gasteiger partial charge in [-0.1, -0.05) is 5.16 Å². The molecule has 1 aromatic heterocycles. The molecule has 0 aliphatic carbocycles. The fraction of sp³-hybridized carbons (Fsp3) is 0. The average molecular weight is 238 g/mol. The van der Waals surface area contributed by atoms with Crippen LogP contribution >= 0.6 is 22.6 Å². The van der Waals surface area contributed by atoms with Gasteiger partial charge >= 0.3 is 0 Å². The number of halogens is 1. The zero-order valence-corrected chi connectivity index (χ0v) is 6.45. The highest BCUT2D eigenvalue weighted by atomic mass is 127. The van der Waals surface area contributed by atoms with Crippen molar-refractivity contribution >= 4 is 28.5 Å². The van der Waals surface area contributed by atoms with E-state index in [1.54, 1.807) is 0 Å². The summed E-state index contributed by atoms with van der Waals surface area (Å²) in [5.74, 6) is -0.562. The molecular formula is C4H3IN2O2. The number of nitrogens with zero attached hydrogens (tertiary/aromatic N) is 1. The van der Waals surface area contributed by atoms with E-state index in [2.05, 4.69) is 9.68 Å². The zero-order valence-electron chi connectivity index (χ0n) is 4.30. The van der Waals surface area contributed by atoms with Crippen LogP contribution in [0.2, 0.25) is 0 Å².